The van der Waals surface area contributed by atoms with Gasteiger partial charge in [0.2, 0.25) is 0 Å². The minimum Gasteiger partial charge on any atom is -0.329 e. The minimum atomic E-state index is -3.25. The summed E-state index contributed by atoms with van der Waals surface area (Å²) in [6.07, 6.45) is 0. The second kappa shape index (κ2) is 4.29. The normalized spacial score (nSPS) is 31.3. The van der Waals surface area contributed by atoms with Gasteiger partial charge in [0.15, 0.2) is 9.84 Å². The summed E-state index contributed by atoms with van der Waals surface area (Å²) >= 11 is 0. The molecular formula is C12H17FN2O2S. The summed E-state index contributed by atoms with van der Waals surface area (Å²) in [4.78, 5) is 0. The average molecular weight is 272 g/mol. The van der Waals surface area contributed by atoms with Gasteiger partial charge >= 0.3 is 0 Å². The average Bonchev–Trinajstić information content (AvgIpc) is 2.98. The van der Waals surface area contributed by atoms with Gasteiger partial charge in [-0.15, -0.1) is 0 Å². The molecule has 1 aliphatic carbocycles. The Bertz CT molecular complexity index is 544. The van der Waals surface area contributed by atoms with Crippen molar-refractivity contribution in [2.45, 2.75) is 23.6 Å². The summed E-state index contributed by atoms with van der Waals surface area (Å²) in [5.41, 5.74) is 11.5. The van der Waals surface area contributed by atoms with Gasteiger partial charge in [-0.2, -0.15) is 0 Å². The van der Waals surface area contributed by atoms with Crippen molar-refractivity contribution in [2.75, 3.05) is 12.3 Å². The lowest BCUT2D eigenvalue weighted by Crippen LogP contribution is -2.39. The molecule has 4 N–H and O–H groups in total. The van der Waals surface area contributed by atoms with Crippen LogP contribution in [0.2, 0.25) is 0 Å². The van der Waals surface area contributed by atoms with Gasteiger partial charge in [0, 0.05) is 18.2 Å². The van der Waals surface area contributed by atoms with Crippen molar-refractivity contribution in [3.8, 4) is 0 Å². The first-order chi connectivity index (χ1) is 8.36. The van der Waals surface area contributed by atoms with E-state index in [0.29, 0.717) is 0 Å². The summed E-state index contributed by atoms with van der Waals surface area (Å²) in [5, 5.41) is -0.662. The second-order valence-electron chi connectivity index (χ2n) is 4.72. The summed E-state index contributed by atoms with van der Waals surface area (Å²) in [5.74, 6) is -0.661. The van der Waals surface area contributed by atoms with Crippen LogP contribution in [0.1, 0.15) is 18.4 Å². The molecule has 0 spiro atoms. The van der Waals surface area contributed by atoms with Crippen LogP contribution in [0.25, 0.3) is 0 Å². The first kappa shape index (κ1) is 13.5. The van der Waals surface area contributed by atoms with Gasteiger partial charge in [-0.25, -0.2) is 12.8 Å². The zero-order valence-electron chi connectivity index (χ0n) is 10.1. The molecule has 1 aromatic carbocycles. The fourth-order valence-electron chi connectivity index (χ4n) is 2.54. The SMILES string of the molecule is CCS(=O)(=O)[C@@H]1[C@@H](c2ccc(F)cc2)[C@@]1(N)CN. The van der Waals surface area contributed by atoms with Crippen LogP contribution in [0.15, 0.2) is 24.3 Å². The van der Waals surface area contributed by atoms with Crippen LogP contribution in [-0.2, 0) is 9.84 Å². The summed E-state index contributed by atoms with van der Waals surface area (Å²) in [6, 6.07) is 5.76. The van der Waals surface area contributed by atoms with Gasteiger partial charge in [0.05, 0.1) is 10.8 Å². The van der Waals surface area contributed by atoms with Crippen LogP contribution in [0.4, 0.5) is 4.39 Å². The Kier molecular flexibility index (Phi) is 3.21. The van der Waals surface area contributed by atoms with E-state index in [1.165, 1.54) is 12.1 Å². The van der Waals surface area contributed by atoms with E-state index in [0.717, 1.165) is 5.56 Å². The molecule has 0 bridgehead atoms. The van der Waals surface area contributed by atoms with E-state index in [4.69, 9.17) is 11.5 Å². The van der Waals surface area contributed by atoms with Gasteiger partial charge < -0.3 is 11.5 Å². The number of benzene rings is 1. The fraction of sp³-hybridized carbons (Fsp3) is 0.500. The molecule has 4 nitrogen and oxygen atoms in total. The molecule has 0 amide bonds. The topological polar surface area (TPSA) is 86.2 Å². The summed E-state index contributed by atoms with van der Waals surface area (Å²) in [7, 11) is -3.25. The maximum atomic E-state index is 12.9. The lowest BCUT2D eigenvalue weighted by Gasteiger charge is -2.07. The van der Waals surface area contributed by atoms with Crippen LogP contribution in [0, 0.1) is 5.82 Å². The molecule has 0 heterocycles. The third-order valence-electron chi connectivity index (χ3n) is 3.67. The molecule has 6 heteroatoms. The number of hydrogen-bond acceptors (Lipinski definition) is 4. The van der Waals surface area contributed by atoms with E-state index < -0.39 is 20.6 Å². The van der Waals surface area contributed by atoms with Crippen molar-refractivity contribution in [1.82, 2.24) is 0 Å². The van der Waals surface area contributed by atoms with Crippen molar-refractivity contribution < 1.29 is 12.8 Å². The summed E-state index contributed by atoms with van der Waals surface area (Å²) in [6.45, 7) is 1.69. The molecular weight excluding hydrogens is 255 g/mol. The highest BCUT2D eigenvalue weighted by Crippen LogP contribution is 2.53. The Morgan fingerprint density at radius 1 is 1.33 bits per heavy atom. The number of rotatable bonds is 4. The molecule has 0 aliphatic heterocycles. The fourth-order valence-corrected chi connectivity index (χ4v) is 4.56. The maximum Gasteiger partial charge on any atom is 0.155 e. The quantitative estimate of drug-likeness (QED) is 0.830. The molecule has 0 aromatic heterocycles. The first-order valence-corrected chi connectivity index (χ1v) is 7.54. The number of halogens is 1. The zero-order chi connectivity index (χ0) is 13.6. The molecule has 3 atom stereocenters. The van der Waals surface area contributed by atoms with Gasteiger partial charge in [0.25, 0.3) is 0 Å². The Labute approximate surface area is 106 Å². The van der Waals surface area contributed by atoms with E-state index in [-0.39, 0.29) is 24.0 Å². The molecule has 0 radical (unpaired) electrons. The van der Waals surface area contributed by atoms with Crippen LogP contribution in [0.3, 0.4) is 0 Å². The second-order valence-corrected chi connectivity index (χ2v) is 7.13. The standard InChI is InChI=1S/C12H17FN2O2S/c1-2-18(16,17)11-10(12(11,15)7-14)8-3-5-9(13)6-4-8/h3-6,10-11H,2,7,14-15H2,1H3/t10-,11-,12+/m1/s1. The summed E-state index contributed by atoms with van der Waals surface area (Å²) < 4.78 is 36.8. The van der Waals surface area contributed by atoms with Crippen LogP contribution >= 0.6 is 0 Å². The predicted molar refractivity (Wildman–Crippen MR) is 68.4 cm³/mol. The molecule has 1 aromatic rings. The Hall–Kier alpha value is -0.980. The molecule has 1 aliphatic rings. The Morgan fingerprint density at radius 2 is 1.89 bits per heavy atom. The Morgan fingerprint density at radius 3 is 2.33 bits per heavy atom. The molecule has 1 fully saturated rings. The van der Waals surface area contributed by atoms with Crippen LogP contribution < -0.4 is 11.5 Å². The zero-order valence-corrected chi connectivity index (χ0v) is 11.0. The highest BCUT2D eigenvalue weighted by molar-refractivity contribution is 7.92. The minimum absolute atomic E-state index is 0.0360. The largest absolute Gasteiger partial charge is 0.329 e. The van der Waals surface area contributed by atoms with E-state index in [1.54, 1.807) is 19.1 Å². The molecule has 100 valence electrons. The number of hydrogen-bond donors (Lipinski definition) is 2. The number of nitrogens with two attached hydrogens (primary N) is 2. The first-order valence-electron chi connectivity index (χ1n) is 5.83. The van der Waals surface area contributed by atoms with Crippen LogP contribution in [0.5, 0.6) is 0 Å². The van der Waals surface area contributed by atoms with Gasteiger partial charge in [0.1, 0.15) is 5.82 Å². The van der Waals surface area contributed by atoms with Crippen molar-refractivity contribution in [1.29, 1.82) is 0 Å². The van der Waals surface area contributed by atoms with E-state index in [9.17, 15) is 12.8 Å². The predicted octanol–water partition coefficient (Wildman–Crippen LogP) is 0.382. The molecule has 1 saturated carbocycles. The molecule has 0 saturated heterocycles. The third-order valence-corrected chi connectivity index (χ3v) is 5.96. The van der Waals surface area contributed by atoms with E-state index >= 15 is 0 Å². The molecule has 2 rings (SSSR count). The lowest BCUT2D eigenvalue weighted by molar-refractivity contribution is 0.587. The maximum absolute atomic E-state index is 12.9. The van der Waals surface area contributed by atoms with Gasteiger partial charge in [-0.1, -0.05) is 19.1 Å². The smallest absolute Gasteiger partial charge is 0.155 e. The van der Waals surface area contributed by atoms with E-state index in [1.807, 2.05) is 0 Å². The number of sulfone groups is 1. The highest BCUT2D eigenvalue weighted by Gasteiger charge is 2.67. The molecule has 0 unspecified atom stereocenters. The van der Waals surface area contributed by atoms with Crippen molar-refractivity contribution in [3.63, 3.8) is 0 Å². The van der Waals surface area contributed by atoms with E-state index in [2.05, 4.69) is 0 Å². The van der Waals surface area contributed by atoms with Crippen molar-refractivity contribution >= 4 is 9.84 Å². The molecule has 18 heavy (non-hydrogen) atoms. The lowest BCUT2D eigenvalue weighted by atomic mass is 10.1. The van der Waals surface area contributed by atoms with Crippen molar-refractivity contribution in [2.24, 2.45) is 11.5 Å². The van der Waals surface area contributed by atoms with Crippen molar-refractivity contribution in [3.05, 3.63) is 35.6 Å². The Balaban J connectivity index is 2.37. The van der Waals surface area contributed by atoms with Gasteiger partial charge in [-0.3, -0.25) is 0 Å². The third kappa shape index (κ3) is 1.94. The monoisotopic (exact) mass is 272 g/mol. The highest BCUT2D eigenvalue weighted by atomic mass is 32.2. The van der Waals surface area contributed by atoms with Crippen LogP contribution in [-0.4, -0.2) is 31.5 Å². The van der Waals surface area contributed by atoms with Gasteiger partial charge in [-0.05, 0) is 17.7 Å².